The van der Waals surface area contributed by atoms with Crippen molar-refractivity contribution in [3.8, 4) is 0 Å². The zero-order valence-corrected chi connectivity index (χ0v) is 13.0. The lowest BCUT2D eigenvalue weighted by Crippen LogP contribution is -2.22. The summed E-state index contributed by atoms with van der Waals surface area (Å²) in [5.74, 6) is 4.41. The Bertz CT molecular complexity index is 366. The second-order valence-corrected chi connectivity index (χ2v) is 6.92. The zero-order valence-electron chi connectivity index (χ0n) is 11.3. The number of ether oxygens (including phenoxy) is 1. The van der Waals surface area contributed by atoms with Crippen molar-refractivity contribution in [1.82, 2.24) is 0 Å². The second-order valence-electron chi connectivity index (χ2n) is 4.86. The average molecular weight is 294 g/mol. The van der Waals surface area contributed by atoms with Crippen LogP contribution in [0.4, 0.5) is 0 Å². The Morgan fingerprint density at radius 3 is 2.47 bits per heavy atom. The SMILES string of the molecule is C=C1CSCC(OCCCc2ccccc2)CSC1. The van der Waals surface area contributed by atoms with Crippen molar-refractivity contribution in [2.45, 2.75) is 18.9 Å². The minimum atomic E-state index is 0.416. The summed E-state index contributed by atoms with van der Waals surface area (Å²) in [7, 11) is 0. The largest absolute Gasteiger partial charge is 0.376 e. The van der Waals surface area contributed by atoms with Gasteiger partial charge in [-0.15, -0.1) is 0 Å². The van der Waals surface area contributed by atoms with E-state index in [-0.39, 0.29) is 0 Å². The summed E-state index contributed by atoms with van der Waals surface area (Å²) in [6.45, 7) is 4.94. The standard InChI is InChI=1S/C16H22OS2/c1-14-10-18-12-16(13-19-11-14)17-9-5-8-15-6-3-2-4-7-15/h2-4,6-7,16H,1,5,8-13H2. The molecule has 3 heteroatoms. The van der Waals surface area contributed by atoms with Crippen molar-refractivity contribution in [2.24, 2.45) is 0 Å². The van der Waals surface area contributed by atoms with Gasteiger partial charge < -0.3 is 4.74 Å². The first kappa shape index (κ1) is 15.0. The van der Waals surface area contributed by atoms with E-state index in [4.69, 9.17) is 4.74 Å². The van der Waals surface area contributed by atoms with Crippen molar-refractivity contribution in [3.05, 3.63) is 48.0 Å². The van der Waals surface area contributed by atoms with Crippen molar-refractivity contribution < 1.29 is 4.74 Å². The van der Waals surface area contributed by atoms with Crippen LogP contribution in [0.15, 0.2) is 42.5 Å². The second kappa shape index (κ2) is 8.72. The quantitative estimate of drug-likeness (QED) is 0.599. The highest BCUT2D eigenvalue weighted by Crippen LogP contribution is 2.21. The molecule has 1 nitrogen and oxygen atoms in total. The summed E-state index contributed by atoms with van der Waals surface area (Å²) in [6, 6.07) is 10.6. The molecule has 0 spiro atoms. The summed E-state index contributed by atoms with van der Waals surface area (Å²) < 4.78 is 6.00. The van der Waals surface area contributed by atoms with Gasteiger partial charge in [-0.1, -0.05) is 42.5 Å². The normalized spacial score (nSPS) is 18.0. The first-order valence-corrected chi connectivity index (χ1v) is 9.13. The lowest BCUT2D eigenvalue weighted by molar-refractivity contribution is 0.0833. The first-order valence-electron chi connectivity index (χ1n) is 6.82. The lowest BCUT2D eigenvalue weighted by Gasteiger charge is -2.20. The van der Waals surface area contributed by atoms with Crippen molar-refractivity contribution >= 4 is 23.5 Å². The zero-order chi connectivity index (χ0) is 13.3. The Morgan fingerprint density at radius 2 is 1.79 bits per heavy atom. The molecule has 0 aliphatic carbocycles. The highest BCUT2D eigenvalue weighted by atomic mass is 32.2. The van der Waals surface area contributed by atoms with Gasteiger partial charge >= 0.3 is 0 Å². The molecule has 1 aliphatic heterocycles. The van der Waals surface area contributed by atoms with E-state index in [2.05, 4.69) is 36.9 Å². The Labute approximate surface area is 125 Å². The highest BCUT2D eigenvalue weighted by Gasteiger charge is 2.13. The molecule has 0 radical (unpaired) electrons. The van der Waals surface area contributed by atoms with Crippen molar-refractivity contribution in [2.75, 3.05) is 29.6 Å². The summed E-state index contributed by atoms with van der Waals surface area (Å²) in [5.41, 5.74) is 2.77. The maximum atomic E-state index is 6.00. The molecule has 0 amide bonds. The van der Waals surface area contributed by atoms with Gasteiger partial charge in [-0.2, -0.15) is 23.5 Å². The molecule has 0 unspecified atom stereocenters. The average Bonchev–Trinajstić information content (AvgIpc) is 2.41. The highest BCUT2D eigenvalue weighted by molar-refractivity contribution is 8.01. The topological polar surface area (TPSA) is 9.23 Å². The third-order valence-corrected chi connectivity index (χ3v) is 5.47. The van der Waals surface area contributed by atoms with E-state index in [0.717, 1.165) is 42.5 Å². The van der Waals surface area contributed by atoms with E-state index in [9.17, 15) is 0 Å². The molecule has 0 atom stereocenters. The van der Waals surface area contributed by atoms with E-state index in [1.807, 2.05) is 23.5 Å². The molecule has 1 saturated heterocycles. The van der Waals surface area contributed by atoms with Crippen LogP contribution in [0, 0.1) is 0 Å². The van der Waals surface area contributed by atoms with Gasteiger partial charge in [-0.25, -0.2) is 0 Å². The minimum absolute atomic E-state index is 0.416. The molecule has 1 aliphatic rings. The van der Waals surface area contributed by atoms with Gasteiger partial charge in [0.2, 0.25) is 0 Å². The van der Waals surface area contributed by atoms with E-state index in [1.54, 1.807) is 0 Å². The van der Waals surface area contributed by atoms with E-state index < -0.39 is 0 Å². The smallest absolute Gasteiger partial charge is 0.0755 e. The Kier molecular flexibility index (Phi) is 6.90. The third kappa shape index (κ3) is 6.07. The fourth-order valence-corrected chi connectivity index (χ4v) is 4.28. The number of rotatable bonds is 5. The summed E-state index contributed by atoms with van der Waals surface area (Å²) in [6.07, 6.45) is 2.64. The maximum absolute atomic E-state index is 6.00. The molecular formula is C16H22OS2. The van der Waals surface area contributed by atoms with Crippen LogP contribution in [0.2, 0.25) is 0 Å². The Balaban J connectivity index is 1.61. The Hall–Kier alpha value is -0.380. The van der Waals surface area contributed by atoms with E-state index >= 15 is 0 Å². The van der Waals surface area contributed by atoms with Crippen LogP contribution in [0.5, 0.6) is 0 Å². The number of aryl methyl sites for hydroxylation is 1. The predicted octanol–water partition coefficient (Wildman–Crippen LogP) is 4.04. The summed E-state index contributed by atoms with van der Waals surface area (Å²) in [4.78, 5) is 0. The van der Waals surface area contributed by atoms with E-state index in [0.29, 0.717) is 6.10 Å². The molecule has 0 bridgehead atoms. The molecular weight excluding hydrogens is 272 g/mol. The van der Waals surface area contributed by atoms with E-state index in [1.165, 1.54) is 11.1 Å². The molecule has 0 saturated carbocycles. The van der Waals surface area contributed by atoms with Crippen LogP contribution in [-0.4, -0.2) is 35.7 Å². The molecule has 0 aromatic heterocycles. The van der Waals surface area contributed by atoms with Gasteiger partial charge in [0.05, 0.1) is 6.10 Å². The van der Waals surface area contributed by atoms with Crippen LogP contribution in [0.3, 0.4) is 0 Å². The molecule has 1 heterocycles. The number of thioether (sulfide) groups is 2. The molecule has 19 heavy (non-hydrogen) atoms. The molecule has 1 aromatic carbocycles. The predicted molar refractivity (Wildman–Crippen MR) is 88.3 cm³/mol. The number of benzene rings is 1. The van der Waals surface area contributed by atoms with Crippen molar-refractivity contribution in [1.29, 1.82) is 0 Å². The molecule has 104 valence electrons. The minimum Gasteiger partial charge on any atom is -0.376 e. The number of hydrogen-bond donors (Lipinski definition) is 0. The molecule has 1 fully saturated rings. The van der Waals surface area contributed by atoms with Gasteiger partial charge in [0.25, 0.3) is 0 Å². The third-order valence-electron chi connectivity index (χ3n) is 3.03. The molecule has 1 aromatic rings. The van der Waals surface area contributed by atoms with Gasteiger partial charge in [0.15, 0.2) is 0 Å². The van der Waals surface area contributed by atoms with Gasteiger partial charge in [0, 0.05) is 29.6 Å². The van der Waals surface area contributed by atoms with Crippen LogP contribution >= 0.6 is 23.5 Å². The summed E-state index contributed by atoms with van der Waals surface area (Å²) >= 11 is 3.92. The Morgan fingerprint density at radius 1 is 1.11 bits per heavy atom. The fraction of sp³-hybridized carbons (Fsp3) is 0.500. The maximum Gasteiger partial charge on any atom is 0.0755 e. The molecule has 0 N–H and O–H groups in total. The lowest BCUT2D eigenvalue weighted by atomic mass is 10.1. The summed E-state index contributed by atoms with van der Waals surface area (Å²) in [5, 5.41) is 0. The van der Waals surface area contributed by atoms with Gasteiger partial charge in [-0.05, 0) is 18.4 Å². The van der Waals surface area contributed by atoms with Crippen LogP contribution in [0.25, 0.3) is 0 Å². The van der Waals surface area contributed by atoms with Crippen LogP contribution in [0.1, 0.15) is 12.0 Å². The molecule has 2 rings (SSSR count). The fourth-order valence-electron chi connectivity index (χ4n) is 2.03. The van der Waals surface area contributed by atoms with Crippen molar-refractivity contribution in [3.63, 3.8) is 0 Å². The van der Waals surface area contributed by atoms with Gasteiger partial charge in [0.1, 0.15) is 0 Å². The number of hydrogen-bond acceptors (Lipinski definition) is 3. The van der Waals surface area contributed by atoms with Crippen LogP contribution < -0.4 is 0 Å². The monoisotopic (exact) mass is 294 g/mol. The van der Waals surface area contributed by atoms with Crippen LogP contribution in [-0.2, 0) is 11.2 Å². The van der Waals surface area contributed by atoms with Gasteiger partial charge in [-0.3, -0.25) is 0 Å². The first-order chi connectivity index (χ1) is 9.34.